The first-order valence-electron chi connectivity index (χ1n) is 7.28. The molecular formula is C18H20N2O. The van der Waals surface area contributed by atoms with Gasteiger partial charge >= 0.3 is 0 Å². The summed E-state index contributed by atoms with van der Waals surface area (Å²) in [5.41, 5.74) is 2.35. The van der Waals surface area contributed by atoms with Crippen LogP contribution in [-0.2, 0) is 6.42 Å². The first-order valence-corrected chi connectivity index (χ1v) is 7.28. The summed E-state index contributed by atoms with van der Waals surface area (Å²) in [6, 6.07) is 18.7. The van der Waals surface area contributed by atoms with Crippen molar-refractivity contribution in [3.63, 3.8) is 0 Å². The van der Waals surface area contributed by atoms with Crippen LogP contribution in [0.5, 0.6) is 5.75 Å². The zero-order valence-corrected chi connectivity index (χ0v) is 12.2. The van der Waals surface area contributed by atoms with Crippen molar-refractivity contribution in [3.05, 3.63) is 66.4 Å². The maximum absolute atomic E-state index is 6.24. The van der Waals surface area contributed by atoms with Crippen LogP contribution in [0.25, 0.3) is 10.9 Å². The number of para-hydroxylation sites is 1. The summed E-state index contributed by atoms with van der Waals surface area (Å²) in [4.78, 5) is 3.25. The number of hydrogen-bond donors (Lipinski definition) is 2. The van der Waals surface area contributed by atoms with E-state index in [1.165, 1.54) is 10.9 Å². The molecule has 21 heavy (non-hydrogen) atoms. The van der Waals surface area contributed by atoms with Gasteiger partial charge in [-0.3, -0.25) is 0 Å². The number of H-pyrrole nitrogens is 1. The van der Waals surface area contributed by atoms with Crippen LogP contribution >= 0.6 is 0 Å². The Morgan fingerprint density at radius 1 is 1.05 bits per heavy atom. The summed E-state index contributed by atoms with van der Waals surface area (Å²) in [6.45, 7) is 0.811. The van der Waals surface area contributed by atoms with Crippen molar-refractivity contribution < 1.29 is 4.74 Å². The lowest BCUT2D eigenvalue weighted by Crippen LogP contribution is -2.31. The average molecular weight is 280 g/mol. The van der Waals surface area contributed by atoms with Gasteiger partial charge in [0.2, 0.25) is 0 Å². The van der Waals surface area contributed by atoms with Gasteiger partial charge in [-0.05, 0) is 24.7 Å². The molecule has 0 aliphatic heterocycles. The molecular weight excluding hydrogens is 260 g/mol. The van der Waals surface area contributed by atoms with E-state index in [1.54, 1.807) is 0 Å². The minimum atomic E-state index is 0.103. The first kappa shape index (κ1) is 13.7. The van der Waals surface area contributed by atoms with Crippen LogP contribution in [0.4, 0.5) is 0 Å². The van der Waals surface area contributed by atoms with E-state index in [2.05, 4.69) is 46.7 Å². The van der Waals surface area contributed by atoms with Gasteiger partial charge in [0.15, 0.2) is 0 Å². The van der Waals surface area contributed by atoms with E-state index < -0.39 is 0 Å². The fourth-order valence-electron chi connectivity index (χ4n) is 2.59. The van der Waals surface area contributed by atoms with Crippen LogP contribution in [0.15, 0.2) is 60.8 Å². The molecule has 0 bridgehead atoms. The zero-order valence-electron chi connectivity index (χ0n) is 12.2. The lowest BCUT2D eigenvalue weighted by atomic mass is 10.1. The Hall–Kier alpha value is -2.26. The number of ether oxygens (including phenoxy) is 1. The Labute approximate surface area is 125 Å². The van der Waals surface area contributed by atoms with Gasteiger partial charge in [-0.15, -0.1) is 0 Å². The Morgan fingerprint density at radius 3 is 2.71 bits per heavy atom. The molecule has 0 saturated carbocycles. The lowest BCUT2D eigenvalue weighted by Gasteiger charge is -2.19. The van der Waals surface area contributed by atoms with E-state index in [0.717, 1.165) is 24.2 Å². The number of aromatic nitrogens is 1. The van der Waals surface area contributed by atoms with Gasteiger partial charge in [-0.1, -0.05) is 42.5 Å². The molecule has 0 radical (unpaired) electrons. The number of nitrogens with one attached hydrogen (secondary N) is 2. The molecule has 108 valence electrons. The molecule has 2 aromatic carbocycles. The molecule has 0 spiro atoms. The molecule has 3 nitrogen and oxygen atoms in total. The predicted octanol–water partition coefficient (Wildman–Crippen LogP) is 3.38. The number of hydrogen-bond acceptors (Lipinski definition) is 2. The SMILES string of the molecule is CNC[C@@H](Cc1ccccc1)Oc1cccc2cc[nH]c12. The van der Waals surface area contributed by atoms with Gasteiger partial charge in [0.05, 0.1) is 5.52 Å². The second-order valence-corrected chi connectivity index (χ2v) is 5.19. The van der Waals surface area contributed by atoms with Crippen molar-refractivity contribution in [1.29, 1.82) is 0 Å². The fraction of sp³-hybridized carbons (Fsp3) is 0.222. The highest BCUT2D eigenvalue weighted by Crippen LogP contribution is 2.25. The number of rotatable bonds is 6. The van der Waals surface area contributed by atoms with Gasteiger partial charge in [0.25, 0.3) is 0 Å². The molecule has 3 heteroatoms. The van der Waals surface area contributed by atoms with Gasteiger partial charge in [-0.2, -0.15) is 0 Å². The zero-order chi connectivity index (χ0) is 14.5. The molecule has 0 amide bonds. The smallest absolute Gasteiger partial charge is 0.143 e. The minimum Gasteiger partial charge on any atom is -0.487 e. The Bertz CT molecular complexity index is 691. The number of fused-ring (bicyclic) bond motifs is 1. The third-order valence-corrected chi connectivity index (χ3v) is 3.58. The fourth-order valence-corrected chi connectivity index (χ4v) is 2.59. The van der Waals surface area contributed by atoms with Gasteiger partial charge in [-0.25, -0.2) is 0 Å². The van der Waals surface area contributed by atoms with Crippen molar-refractivity contribution in [2.75, 3.05) is 13.6 Å². The molecule has 2 N–H and O–H groups in total. The lowest BCUT2D eigenvalue weighted by molar-refractivity contribution is 0.203. The van der Waals surface area contributed by atoms with Gasteiger partial charge in [0.1, 0.15) is 11.9 Å². The third kappa shape index (κ3) is 3.26. The van der Waals surface area contributed by atoms with E-state index >= 15 is 0 Å². The largest absolute Gasteiger partial charge is 0.487 e. The van der Waals surface area contributed by atoms with E-state index in [9.17, 15) is 0 Å². The molecule has 3 rings (SSSR count). The van der Waals surface area contributed by atoms with Crippen molar-refractivity contribution in [3.8, 4) is 5.75 Å². The predicted molar refractivity (Wildman–Crippen MR) is 86.8 cm³/mol. The third-order valence-electron chi connectivity index (χ3n) is 3.58. The summed E-state index contributed by atoms with van der Waals surface area (Å²) in [6.07, 6.45) is 2.94. The summed E-state index contributed by atoms with van der Waals surface area (Å²) in [5.74, 6) is 0.911. The van der Waals surface area contributed by atoms with Crippen LogP contribution < -0.4 is 10.1 Å². The number of likely N-dealkylation sites (N-methyl/N-ethyl adjacent to an activating group) is 1. The van der Waals surface area contributed by atoms with Crippen LogP contribution in [0.1, 0.15) is 5.56 Å². The van der Waals surface area contributed by atoms with E-state index in [4.69, 9.17) is 4.74 Å². The minimum absolute atomic E-state index is 0.103. The highest BCUT2D eigenvalue weighted by molar-refractivity contribution is 5.85. The van der Waals surface area contributed by atoms with Crippen molar-refractivity contribution in [2.24, 2.45) is 0 Å². The molecule has 1 aromatic heterocycles. The Morgan fingerprint density at radius 2 is 1.90 bits per heavy atom. The Balaban J connectivity index is 1.80. The topological polar surface area (TPSA) is 37.0 Å². The molecule has 0 fully saturated rings. The summed E-state index contributed by atoms with van der Waals surface area (Å²) in [5, 5.41) is 4.39. The first-order chi connectivity index (χ1) is 10.4. The maximum atomic E-state index is 6.24. The van der Waals surface area contributed by atoms with E-state index in [1.807, 2.05) is 31.4 Å². The van der Waals surface area contributed by atoms with Crippen LogP contribution in [0.3, 0.4) is 0 Å². The average Bonchev–Trinajstić information content (AvgIpc) is 2.98. The second-order valence-electron chi connectivity index (χ2n) is 5.19. The monoisotopic (exact) mass is 280 g/mol. The van der Waals surface area contributed by atoms with E-state index in [0.29, 0.717) is 0 Å². The maximum Gasteiger partial charge on any atom is 0.143 e. The second kappa shape index (κ2) is 6.46. The standard InChI is InChI=1S/C18H20N2O/c1-19-13-16(12-14-6-3-2-4-7-14)21-17-9-5-8-15-10-11-20-18(15)17/h2-11,16,19-20H,12-13H2,1H3/t16-/m1/s1. The summed E-state index contributed by atoms with van der Waals surface area (Å²) in [7, 11) is 1.95. The van der Waals surface area contributed by atoms with Crippen LogP contribution in [0.2, 0.25) is 0 Å². The number of benzene rings is 2. The quantitative estimate of drug-likeness (QED) is 0.726. The highest BCUT2D eigenvalue weighted by atomic mass is 16.5. The Kier molecular flexibility index (Phi) is 4.22. The van der Waals surface area contributed by atoms with E-state index in [-0.39, 0.29) is 6.10 Å². The van der Waals surface area contributed by atoms with Crippen LogP contribution in [0, 0.1) is 0 Å². The van der Waals surface area contributed by atoms with Crippen LogP contribution in [-0.4, -0.2) is 24.7 Å². The van der Waals surface area contributed by atoms with Crippen molar-refractivity contribution >= 4 is 10.9 Å². The molecule has 0 saturated heterocycles. The van der Waals surface area contributed by atoms with Crippen molar-refractivity contribution in [2.45, 2.75) is 12.5 Å². The van der Waals surface area contributed by atoms with Gasteiger partial charge < -0.3 is 15.0 Å². The molecule has 0 aliphatic rings. The molecule has 0 aliphatic carbocycles. The van der Waals surface area contributed by atoms with Gasteiger partial charge in [0, 0.05) is 24.5 Å². The van der Waals surface area contributed by atoms with Crippen molar-refractivity contribution in [1.82, 2.24) is 10.3 Å². The summed E-state index contributed by atoms with van der Waals surface area (Å²) < 4.78 is 6.24. The molecule has 1 atom stereocenters. The molecule has 0 unspecified atom stereocenters. The highest BCUT2D eigenvalue weighted by Gasteiger charge is 2.13. The summed E-state index contributed by atoms with van der Waals surface area (Å²) >= 11 is 0. The normalized spacial score (nSPS) is 12.4. The molecule has 3 aromatic rings. The number of aromatic amines is 1. The molecule has 1 heterocycles.